The molecule has 0 amide bonds. The number of anilines is 1. The van der Waals surface area contributed by atoms with Crippen molar-refractivity contribution in [1.82, 2.24) is 4.98 Å². The van der Waals surface area contributed by atoms with E-state index in [0.717, 1.165) is 22.9 Å². The number of thiazole rings is 1. The van der Waals surface area contributed by atoms with Gasteiger partial charge in [-0.25, -0.2) is 4.98 Å². The van der Waals surface area contributed by atoms with Crippen LogP contribution >= 0.6 is 11.3 Å². The Morgan fingerprint density at radius 1 is 0.947 bits per heavy atom. The van der Waals surface area contributed by atoms with Crippen molar-refractivity contribution in [1.29, 1.82) is 0 Å². The van der Waals surface area contributed by atoms with Crippen molar-refractivity contribution >= 4 is 16.5 Å². The largest absolute Gasteiger partial charge is 0.357 e. The number of hydrogen-bond donors (Lipinski definition) is 1. The average molecular weight is 265 g/mol. The lowest BCUT2D eigenvalue weighted by atomic mass is 10.2. The minimum Gasteiger partial charge on any atom is -0.357 e. The number of rotatable bonds is 4. The van der Waals surface area contributed by atoms with E-state index in [1.807, 2.05) is 48.5 Å². The molecule has 3 rings (SSSR count). The summed E-state index contributed by atoms with van der Waals surface area (Å²) in [6.45, 7) is 0.788. The lowest BCUT2D eigenvalue weighted by molar-refractivity contribution is 1.14. The van der Waals surface area contributed by atoms with Crippen LogP contribution in [0, 0.1) is 5.38 Å². The van der Waals surface area contributed by atoms with E-state index in [9.17, 15) is 0 Å². The van der Waals surface area contributed by atoms with Crippen LogP contribution in [-0.4, -0.2) is 4.98 Å². The maximum absolute atomic E-state index is 4.55. The first-order valence-corrected chi connectivity index (χ1v) is 6.95. The summed E-state index contributed by atoms with van der Waals surface area (Å²) in [5.41, 5.74) is 3.26. The van der Waals surface area contributed by atoms with Gasteiger partial charge in [0, 0.05) is 12.1 Å². The molecule has 0 saturated carbocycles. The van der Waals surface area contributed by atoms with E-state index >= 15 is 0 Å². The number of aromatic nitrogens is 1. The minimum absolute atomic E-state index is 0.788. The summed E-state index contributed by atoms with van der Waals surface area (Å²) >= 11 is 1.52. The first-order valence-electron chi connectivity index (χ1n) is 6.13. The van der Waals surface area contributed by atoms with Crippen LogP contribution in [0.1, 0.15) is 5.56 Å². The molecule has 3 heteroatoms. The fourth-order valence-electron chi connectivity index (χ4n) is 1.81. The molecule has 0 unspecified atom stereocenters. The van der Waals surface area contributed by atoms with Gasteiger partial charge in [0.1, 0.15) is 0 Å². The predicted molar refractivity (Wildman–Crippen MR) is 80.2 cm³/mol. The molecular formula is C16H13N2S. The molecule has 93 valence electrons. The van der Waals surface area contributed by atoms with Crippen LogP contribution in [0.15, 0.2) is 60.7 Å². The molecule has 1 aromatic heterocycles. The molecule has 0 aliphatic rings. The Bertz CT molecular complexity index is 632. The van der Waals surface area contributed by atoms with Gasteiger partial charge in [0.25, 0.3) is 0 Å². The normalized spacial score (nSPS) is 10.3. The van der Waals surface area contributed by atoms with Gasteiger partial charge in [0.15, 0.2) is 5.13 Å². The zero-order valence-corrected chi connectivity index (χ0v) is 11.2. The van der Waals surface area contributed by atoms with Crippen molar-refractivity contribution in [2.24, 2.45) is 0 Å². The highest BCUT2D eigenvalue weighted by atomic mass is 32.1. The molecule has 0 spiro atoms. The van der Waals surface area contributed by atoms with Crippen molar-refractivity contribution < 1.29 is 0 Å². The van der Waals surface area contributed by atoms with E-state index < -0.39 is 0 Å². The van der Waals surface area contributed by atoms with Gasteiger partial charge in [-0.3, -0.25) is 0 Å². The van der Waals surface area contributed by atoms with E-state index in [1.165, 1.54) is 16.9 Å². The topological polar surface area (TPSA) is 24.9 Å². The molecule has 3 aromatic rings. The second-order valence-corrected chi connectivity index (χ2v) is 4.97. The van der Waals surface area contributed by atoms with Crippen molar-refractivity contribution in [3.8, 4) is 11.3 Å². The average Bonchev–Trinajstić information content (AvgIpc) is 2.96. The van der Waals surface area contributed by atoms with Crippen LogP contribution in [0.2, 0.25) is 0 Å². The molecule has 0 aliphatic heterocycles. The molecule has 0 aliphatic carbocycles. The third-order valence-corrected chi connectivity index (χ3v) is 3.52. The van der Waals surface area contributed by atoms with Gasteiger partial charge in [0.05, 0.1) is 11.1 Å². The summed E-state index contributed by atoms with van der Waals surface area (Å²) in [4.78, 5) is 4.55. The van der Waals surface area contributed by atoms with Crippen LogP contribution in [0.5, 0.6) is 0 Å². The van der Waals surface area contributed by atoms with E-state index in [4.69, 9.17) is 0 Å². The van der Waals surface area contributed by atoms with Gasteiger partial charge in [-0.05, 0) is 5.56 Å². The Labute approximate surface area is 116 Å². The zero-order valence-electron chi connectivity index (χ0n) is 10.3. The summed E-state index contributed by atoms with van der Waals surface area (Å²) in [7, 11) is 0. The lowest BCUT2D eigenvalue weighted by Crippen LogP contribution is -1.98. The fourth-order valence-corrected chi connectivity index (χ4v) is 2.45. The summed E-state index contributed by atoms with van der Waals surface area (Å²) in [6.07, 6.45) is 0. The van der Waals surface area contributed by atoms with Gasteiger partial charge >= 0.3 is 0 Å². The highest BCUT2D eigenvalue weighted by molar-refractivity contribution is 7.13. The second-order valence-electron chi connectivity index (χ2n) is 4.17. The number of hydrogen-bond acceptors (Lipinski definition) is 3. The van der Waals surface area contributed by atoms with Gasteiger partial charge in [0.2, 0.25) is 0 Å². The molecule has 0 fully saturated rings. The summed E-state index contributed by atoms with van der Waals surface area (Å²) in [6, 6.07) is 20.4. The molecule has 0 bridgehead atoms. The molecular weight excluding hydrogens is 252 g/mol. The molecule has 1 N–H and O–H groups in total. The zero-order chi connectivity index (χ0) is 12.9. The minimum atomic E-state index is 0.788. The highest BCUT2D eigenvalue weighted by Gasteiger charge is 2.04. The second kappa shape index (κ2) is 5.67. The van der Waals surface area contributed by atoms with E-state index in [2.05, 4.69) is 27.8 Å². The lowest BCUT2D eigenvalue weighted by Gasteiger charge is -2.02. The third-order valence-electron chi connectivity index (χ3n) is 2.79. The van der Waals surface area contributed by atoms with Crippen LogP contribution in [-0.2, 0) is 6.54 Å². The number of nitrogens with one attached hydrogen (secondary N) is 1. The SMILES string of the molecule is [c]1sc(NCc2ccccc2)nc1-c1ccccc1. The standard InChI is InChI=1S/C16H13N2S/c1-3-7-13(8-4-1)11-17-16-18-15(12-19-16)14-9-5-2-6-10-14/h1-10H,11H2,(H,17,18). The Kier molecular flexibility index (Phi) is 3.56. The molecule has 1 heterocycles. The first-order chi connectivity index (χ1) is 9.42. The summed E-state index contributed by atoms with van der Waals surface area (Å²) in [5.74, 6) is 0. The van der Waals surface area contributed by atoms with Gasteiger partial charge in [-0.15, -0.1) is 0 Å². The van der Waals surface area contributed by atoms with Crippen molar-refractivity contribution in [2.45, 2.75) is 6.54 Å². The van der Waals surface area contributed by atoms with Crippen LogP contribution in [0.4, 0.5) is 5.13 Å². The van der Waals surface area contributed by atoms with E-state index in [-0.39, 0.29) is 0 Å². The molecule has 2 nitrogen and oxygen atoms in total. The fraction of sp³-hybridized carbons (Fsp3) is 0.0625. The van der Waals surface area contributed by atoms with Crippen LogP contribution in [0.25, 0.3) is 11.3 Å². The Morgan fingerprint density at radius 3 is 2.37 bits per heavy atom. The van der Waals surface area contributed by atoms with Crippen molar-refractivity contribution in [2.75, 3.05) is 5.32 Å². The van der Waals surface area contributed by atoms with Crippen LogP contribution < -0.4 is 5.32 Å². The van der Waals surface area contributed by atoms with Crippen LogP contribution in [0.3, 0.4) is 0 Å². The Balaban J connectivity index is 1.69. The van der Waals surface area contributed by atoms with Crippen molar-refractivity contribution in [3.63, 3.8) is 0 Å². The summed E-state index contributed by atoms with van der Waals surface area (Å²) in [5, 5.41) is 7.46. The maximum Gasteiger partial charge on any atom is 0.184 e. The third kappa shape index (κ3) is 3.01. The summed E-state index contributed by atoms with van der Waals surface area (Å²) < 4.78 is 0. The number of nitrogens with zero attached hydrogens (tertiary/aromatic N) is 1. The molecule has 1 radical (unpaired) electrons. The smallest absolute Gasteiger partial charge is 0.184 e. The first kappa shape index (κ1) is 11.9. The van der Waals surface area contributed by atoms with Gasteiger partial charge in [-0.2, -0.15) is 0 Å². The Morgan fingerprint density at radius 2 is 1.63 bits per heavy atom. The quantitative estimate of drug-likeness (QED) is 0.764. The van der Waals surface area contributed by atoms with Gasteiger partial charge < -0.3 is 5.32 Å². The van der Waals surface area contributed by atoms with Gasteiger partial charge in [-0.1, -0.05) is 72.0 Å². The van der Waals surface area contributed by atoms with E-state index in [1.54, 1.807) is 0 Å². The van der Waals surface area contributed by atoms with Crippen molar-refractivity contribution in [3.05, 3.63) is 71.6 Å². The molecule has 19 heavy (non-hydrogen) atoms. The molecule has 2 aromatic carbocycles. The maximum atomic E-state index is 4.55. The monoisotopic (exact) mass is 265 g/mol. The predicted octanol–water partition coefficient (Wildman–Crippen LogP) is 4.22. The number of benzene rings is 2. The Hall–Kier alpha value is -2.13. The molecule has 0 atom stereocenters. The molecule has 0 saturated heterocycles. The van der Waals surface area contributed by atoms with E-state index in [0.29, 0.717) is 0 Å². The highest BCUT2D eigenvalue weighted by Crippen LogP contribution is 2.24.